The van der Waals surface area contributed by atoms with Gasteiger partial charge >= 0.3 is 5.97 Å². The van der Waals surface area contributed by atoms with Crippen LogP contribution in [0.1, 0.15) is 13.3 Å². The highest BCUT2D eigenvalue weighted by atomic mass is 16.5. The molecule has 0 N–H and O–H groups in total. The van der Waals surface area contributed by atoms with Crippen LogP contribution in [0.2, 0.25) is 0 Å². The number of hydrogen-bond acceptors (Lipinski definition) is 3. The Morgan fingerprint density at radius 1 is 1.44 bits per heavy atom. The molecule has 1 unspecified atom stereocenters. The lowest BCUT2D eigenvalue weighted by atomic mass is 10.3. The normalized spacial score (nSPS) is 11.6. The second-order valence-electron chi connectivity index (χ2n) is 3.40. The second-order valence-corrected chi connectivity index (χ2v) is 3.40. The van der Waals surface area contributed by atoms with E-state index in [0.29, 0.717) is 13.0 Å². The maximum absolute atomic E-state index is 10.8. The SMILES string of the molecule is C=CC(=O)OCCC(C)Oc1ccccc1. The first-order valence-corrected chi connectivity index (χ1v) is 5.23. The molecule has 0 aliphatic heterocycles. The van der Waals surface area contributed by atoms with E-state index < -0.39 is 5.97 Å². The molecular weight excluding hydrogens is 204 g/mol. The molecule has 0 spiro atoms. The van der Waals surface area contributed by atoms with Crippen LogP contribution in [0.15, 0.2) is 43.0 Å². The average Bonchev–Trinajstić information content (AvgIpc) is 2.30. The summed E-state index contributed by atoms with van der Waals surface area (Å²) in [4.78, 5) is 10.8. The molecule has 3 heteroatoms. The zero-order valence-corrected chi connectivity index (χ0v) is 9.39. The van der Waals surface area contributed by atoms with Gasteiger partial charge in [0, 0.05) is 12.5 Å². The first-order valence-electron chi connectivity index (χ1n) is 5.23. The minimum atomic E-state index is -0.396. The van der Waals surface area contributed by atoms with Crippen LogP contribution in [-0.2, 0) is 9.53 Å². The number of esters is 1. The van der Waals surface area contributed by atoms with E-state index in [2.05, 4.69) is 6.58 Å². The Morgan fingerprint density at radius 3 is 2.75 bits per heavy atom. The lowest BCUT2D eigenvalue weighted by molar-refractivity contribution is -0.138. The largest absolute Gasteiger partial charge is 0.491 e. The third-order valence-corrected chi connectivity index (χ3v) is 2.02. The van der Waals surface area contributed by atoms with Crippen LogP contribution >= 0.6 is 0 Å². The zero-order chi connectivity index (χ0) is 11.8. The Bertz CT molecular complexity index is 332. The number of para-hydroxylation sites is 1. The molecular formula is C13H16O3. The third-order valence-electron chi connectivity index (χ3n) is 2.02. The van der Waals surface area contributed by atoms with Crippen molar-refractivity contribution in [1.29, 1.82) is 0 Å². The van der Waals surface area contributed by atoms with Gasteiger partial charge in [0.05, 0.1) is 12.7 Å². The number of carbonyl (C=O) groups excluding carboxylic acids is 1. The quantitative estimate of drug-likeness (QED) is 0.546. The van der Waals surface area contributed by atoms with Gasteiger partial charge in [0.1, 0.15) is 5.75 Å². The molecule has 86 valence electrons. The number of rotatable bonds is 6. The van der Waals surface area contributed by atoms with Gasteiger partial charge in [-0.05, 0) is 19.1 Å². The van der Waals surface area contributed by atoms with Crippen molar-refractivity contribution in [3.05, 3.63) is 43.0 Å². The van der Waals surface area contributed by atoms with Gasteiger partial charge in [-0.3, -0.25) is 0 Å². The highest BCUT2D eigenvalue weighted by Gasteiger charge is 2.04. The lowest BCUT2D eigenvalue weighted by Gasteiger charge is -2.14. The lowest BCUT2D eigenvalue weighted by Crippen LogP contribution is -2.15. The summed E-state index contributed by atoms with van der Waals surface area (Å²) < 4.78 is 10.5. The van der Waals surface area contributed by atoms with E-state index >= 15 is 0 Å². The first-order chi connectivity index (χ1) is 7.72. The summed E-state index contributed by atoms with van der Waals surface area (Å²) in [5, 5.41) is 0. The first kappa shape index (κ1) is 12.3. The van der Waals surface area contributed by atoms with Crippen molar-refractivity contribution in [2.75, 3.05) is 6.61 Å². The highest BCUT2D eigenvalue weighted by Crippen LogP contribution is 2.12. The summed E-state index contributed by atoms with van der Waals surface area (Å²) in [7, 11) is 0. The molecule has 1 aromatic rings. The van der Waals surface area contributed by atoms with Crippen LogP contribution in [0.3, 0.4) is 0 Å². The maximum Gasteiger partial charge on any atom is 0.330 e. The minimum Gasteiger partial charge on any atom is -0.491 e. The Kier molecular flexibility index (Phi) is 5.12. The van der Waals surface area contributed by atoms with Gasteiger partial charge in [-0.25, -0.2) is 4.79 Å². The molecule has 0 saturated heterocycles. The molecule has 1 rings (SSSR count). The fourth-order valence-electron chi connectivity index (χ4n) is 1.17. The highest BCUT2D eigenvalue weighted by molar-refractivity contribution is 5.81. The topological polar surface area (TPSA) is 35.5 Å². The number of benzene rings is 1. The third kappa shape index (κ3) is 4.64. The summed E-state index contributed by atoms with van der Waals surface area (Å²) >= 11 is 0. The zero-order valence-electron chi connectivity index (χ0n) is 9.39. The van der Waals surface area contributed by atoms with Crippen molar-refractivity contribution >= 4 is 5.97 Å². The fraction of sp³-hybridized carbons (Fsp3) is 0.308. The minimum absolute atomic E-state index is 0.0139. The Labute approximate surface area is 95.7 Å². The summed E-state index contributed by atoms with van der Waals surface area (Å²) in [5.41, 5.74) is 0. The van der Waals surface area contributed by atoms with E-state index in [-0.39, 0.29) is 6.10 Å². The van der Waals surface area contributed by atoms with E-state index in [1.54, 1.807) is 0 Å². The van der Waals surface area contributed by atoms with E-state index in [1.807, 2.05) is 37.3 Å². The van der Waals surface area contributed by atoms with Crippen LogP contribution in [-0.4, -0.2) is 18.7 Å². The molecule has 0 saturated carbocycles. The summed E-state index contributed by atoms with van der Waals surface area (Å²) in [5.74, 6) is 0.428. The van der Waals surface area contributed by atoms with E-state index in [0.717, 1.165) is 11.8 Å². The van der Waals surface area contributed by atoms with Crippen molar-refractivity contribution in [3.8, 4) is 5.75 Å². The van der Waals surface area contributed by atoms with E-state index in [1.165, 1.54) is 0 Å². The smallest absolute Gasteiger partial charge is 0.330 e. The van der Waals surface area contributed by atoms with Crippen molar-refractivity contribution in [1.82, 2.24) is 0 Å². The predicted octanol–water partition coefficient (Wildman–Crippen LogP) is 2.57. The molecule has 0 aromatic heterocycles. The summed E-state index contributed by atoms with van der Waals surface area (Å²) in [6.07, 6.45) is 1.83. The predicted molar refractivity (Wildman–Crippen MR) is 62.3 cm³/mol. The molecule has 16 heavy (non-hydrogen) atoms. The second kappa shape index (κ2) is 6.67. The number of hydrogen-bond donors (Lipinski definition) is 0. The van der Waals surface area contributed by atoms with Crippen LogP contribution in [0.5, 0.6) is 5.75 Å². The number of carbonyl (C=O) groups is 1. The Hall–Kier alpha value is -1.77. The van der Waals surface area contributed by atoms with Crippen LogP contribution < -0.4 is 4.74 Å². The van der Waals surface area contributed by atoms with Gasteiger partial charge < -0.3 is 9.47 Å². The van der Waals surface area contributed by atoms with Crippen molar-refractivity contribution < 1.29 is 14.3 Å². The Balaban J connectivity index is 2.23. The molecule has 1 atom stereocenters. The molecule has 0 aliphatic carbocycles. The van der Waals surface area contributed by atoms with Crippen LogP contribution in [0, 0.1) is 0 Å². The molecule has 0 amide bonds. The van der Waals surface area contributed by atoms with Crippen LogP contribution in [0.25, 0.3) is 0 Å². The van der Waals surface area contributed by atoms with Gasteiger partial charge in [-0.15, -0.1) is 0 Å². The Morgan fingerprint density at radius 2 is 2.12 bits per heavy atom. The van der Waals surface area contributed by atoms with Crippen molar-refractivity contribution in [3.63, 3.8) is 0 Å². The average molecular weight is 220 g/mol. The monoisotopic (exact) mass is 220 g/mol. The fourth-order valence-corrected chi connectivity index (χ4v) is 1.17. The van der Waals surface area contributed by atoms with Gasteiger partial charge in [0.15, 0.2) is 0 Å². The molecule has 3 nitrogen and oxygen atoms in total. The molecule has 0 bridgehead atoms. The van der Waals surface area contributed by atoms with Crippen molar-refractivity contribution in [2.24, 2.45) is 0 Å². The van der Waals surface area contributed by atoms with Gasteiger partial charge in [-0.2, -0.15) is 0 Å². The molecule has 0 radical (unpaired) electrons. The molecule has 0 fully saturated rings. The summed E-state index contributed by atoms with van der Waals surface area (Å²) in [6, 6.07) is 9.56. The summed E-state index contributed by atoms with van der Waals surface area (Å²) in [6.45, 7) is 5.61. The van der Waals surface area contributed by atoms with Gasteiger partial charge in [0.2, 0.25) is 0 Å². The van der Waals surface area contributed by atoms with E-state index in [4.69, 9.17) is 9.47 Å². The number of ether oxygens (including phenoxy) is 2. The maximum atomic E-state index is 10.8. The standard InChI is InChI=1S/C13H16O3/c1-3-13(14)15-10-9-11(2)16-12-7-5-4-6-8-12/h3-8,11H,1,9-10H2,2H3. The molecule has 1 aromatic carbocycles. The van der Waals surface area contributed by atoms with Gasteiger partial charge in [-0.1, -0.05) is 24.8 Å². The van der Waals surface area contributed by atoms with E-state index in [9.17, 15) is 4.79 Å². The van der Waals surface area contributed by atoms with Crippen molar-refractivity contribution in [2.45, 2.75) is 19.4 Å². The molecule has 0 aliphatic rings. The van der Waals surface area contributed by atoms with Crippen LogP contribution in [0.4, 0.5) is 0 Å². The van der Waals surface area contributed by atoms with Gasteiger partial charge in [0.25, 0.3) is 0 Å². The molecule has 0 heterocycles.